The molecule has 1 saturated heterocycles. The third-order valence-electron chi connectivity index (χ3n) is 5.35. The molecule has 3 aromatic heterocycles. The topological polar surface area (TPSA) is 98.2 Å². The lowest BCUT2D eigenvalue weighted by Gasteiger charge is -2.18. The number of fused-ring (bicyclic) bond motifs is 1. The second-order valence-electron chi connectivity index (χ2n) is 7.13. The van der Waals surface area contributed by atoms with Gasteiger partial charge in [-0.15, -0.1) is 0 Å². The Labute approximate surface area is 155 Å². The Morgan fingerprint density at radius 3 is 2.70 bits per heavy atom. The van der Waals surface area contributed by atoms with E-state index in [1.54, 1.807) is 17.8 Å². The highest BCUT2D eigenvalue weighted by molar-refractivity contribution is 5.70. The number of imidazole rings is 1. The second-order valence-corrected chi connectivity index (χ2v) is 7.13. The first kappa shape index (κ1) is 17.6. The van der Waals surface area contributed by atoms with Gasteiger partial charge in [-0.2, -0.15) is 0 Å². The Morgan fingerprint density at radius 2 is 1.96 bits per heavy atom. The third kappa shape index (κ3) is 2.79. The molecule has 0 amide bonds. The zero-order valence-corrected chi connectivity index (χ0v) is 15.5. The molecule has 0 spiro atoms. The fourth-order valence-corrected chi connectivity index (χ4v) is 3.79. The molecular weight excluding hydrogens is 348 g/mol. The van der Waals surface area contributed by atoms with Gasteiger partial charge in [-0.3, -0.25) is 23.8 Å². The predicted octanol–water partition coefficient (Wildman–Crippen LogP) is -0.445. The van der Waals surface area contributed by atoms with Gasteiger partial charge in [-0.05, 0) is 18.6 Å². The van der Waals surface area contributed by atoms with Crippen LogP contribution in [0.5, 0.6) is 0 Å². The SMILES string of the molecule is Cc1cccnc1CN1C[C@@H](O)[C@H](n2cnc3c(=O)n(C)c(=O)n(C)c32)C1. The molecule has 0 bridgehead atoms. The molecule has 1 N–H and O–H groups in total. The van der Waals surface area contributed by atoms with Crippen LogP contribution < -0.4 is 11.2 Å². The monoisotopic (exact) mass is 370 g/mol. The van der Waals surface area contributed by atoms with Gasteiger partial charge in [0, 0.05) is 39.9 Å². The van der Waals surface area contributed by atoms with Crippen LogP contribution in [0.1, 0.15) is 17.3 Å². The van der Waals surface area contributed by atoms with Crippen molar-refractivity contribution in [1.29, 1.82) is 0 Å². The summed E-state index contributed by atoms with van der Waals surface area (Å²) in [7, 11) is 3.04. The fraction of sp³-hybridized carbons (Fsp3) is 0.444. The summed E-state index contributed by atoms with van der Waals surface area (Å²) in [6.45, 7) is 3.71. The van der Waals surface area contributed by atoms with Crippen LogP contribution in [0.3, 0.4) is 0 Å². The minimum absolute atomic E-state index is 0.228. The van der Waals surface area contributed by atoms with E-state index in [0.717, 1.165) is 15.8 Å². The minimum atomic E-state index is -0.634. The molecule has 4 rings (SSSR count). The number of β-amino-alcohol motifs (C(OH)–C–C–N with tert-alkyl or cyclic N) is 1. The van der Waals surface area contributed by atoms with Crippen LogP contribution in [-0.4, -0.2) is 52.9 Å². The second kappa shape index (κ2) is 6.43. The summed E-state index contributed by atoms with van der Waals surface area (Å²) in [6, 6.07) is 3.62. The quantitative estimate of drug-likeness (QED) is 0.671. The van der Waals surface area contributed by atoms with Crippen LogP contribution in [0.2, 0.25) is 0 Å². The summed E-state index contributed by atoms with van der Waals surface area (Å²) >= 11 is 0. The molecule has 142 valence electrons. The van der Waals surface area contributed by atoms with E-state index >= 15 is 0 Å². The number of aromatic nitrogens is 5. The van der Waals surface area contributed by atoms with Crippen molar-refractivity contribution >= 4 is 11.2 Å². The largest absolute Gasteiger partial charge is 0.390 e. The lowest BCUT2D eigenvalue weighted by Crippen LogP contribution is -2.38. The van der Waals surface area contributed by atoms with Crippen LogP contribution in [0.15, 0.2) is 34.2 Å². The highest BCUT2D eigenvalue weighted by Crippen LogP contribution is 2.26. The standard InChI is InChI=1S/C18H22N6O3/c1-11-5-4-6-19-12(11)7-23-8-13(14(25)9-23)24-10-20-15-16(24)21(2)18(27)22(3)17(15)26/h4-6,10,13-14,25H,7-9H2,1-3H3/t13-,14-/m1/s1. The number of aliphatic hydroxyl groups is 1. The molecule has 0 aliphatic carbocycles. The van der Waals surface area contributed by atoms with Crippen molar-refractivity contribution in [2.75, 3.05) is 13.1 Å². The van der Waals surface area contributed by atoms with E-state index in [0.29, 0.717) is 25.3 Å². The van der Waals surface area contributed by atoms with Crippen molar-refractivity contribution in [2.45, 2.75) is 25.6 Å². The molecule has 27 heavy (non-hydrogen) atoms. The number of aryl methyl sites for hydroxylation is 2. The van der Waals surface area contributed by atoms with E-state index in [2.05, 4.69) is 14.9 Å². The van der Waals surface area contributed by atoms with Gasteiger partial charge >= 0.3 is 5.69 Å². The number of nitrogens with zero attached hydrogens (tertiary/aromatic N) is 6. The van der Waals surface area contributed by atoms with Gasteiger partial charge in [0.05, 0.1) is 24.2 Å². The Hall–Kier alpha value is -2.78. The van der Waals surface area contributed by atoms with Crippen molar-refractivity contribution in [3.8, 4) is 0 Å². The summed E-state index contributed by atoms with van der Waals surface area (Å²) in [5.41, 5.74) is 1.90. The smallest absolute Gasteiger partial charge is 0.332 e. The van der Waals surface area contributed by atoms with E-state index in [1.807, 2.05) is 19.1 Å². The summed E-state index contributed by atoms with van der Waals surface area (Å²) in [6.07, 6.45) is 2.67. The molecule has 3 aromatic rings. The lowest BCUT2D eigenvalue weighted by molar-refractivity contribution is 0.144. The average Bonchev–Trinajstić information content (AvgIpc) is 3.23. The highest BCUT2D eigenvalue weighted by atomic mass is 16.3. The van der Waals surface area contributed by atoms with Crippen molar-refractivity contribution in [1.82, 2.24) is 28.6 Å². The van der Waals surface area contributed by atoms with Crippen LogP contribution >= 0.6 is 0 Å². The maximum absolute atomic E-state index is 12.3. The number of hydrogen-bond donors (Lipinski definition) is 1. The van der Waals surface area contributed by atoms with Crippen molar-refractivity contribution in [2.24, 2.45) is 14.1 Å². The Balaban J connectivity index is 1.69. The number of rotatable bonds is 3. The van der Waals surface area contributed by atoms with Crippen LogP contribution in [0.25, 0.3) is 11.2 Å². The maximum Gasteiger partial charge on any atom is 0.332 e. The van der Waals surface area contributed by atoms with Crippen molar-refractivity contribution < 1.29 is 5.11 Å². The number of hydrogen-bond acceptors (Lipinski definition) is 6. The Morgan fingerprint density at radius 1 is 1.19 bits per heavy atom. The summed E-state index contributed by atoms with van der Waals surface area (Å²) in [5.74, 6) is 0. The van der Waals surface area contributed by atoms with E-state index in [-0.39, 0.29) is 11.6 Å². The normalized spacial score (nSPS) is 20.6. The van der Waals surface area contributed by atoms with Crippen LogP contribution in [-0.2, 0) is 20.6 Å². The molecule has 1 aliphatic rings. The zero-order chi connectivity index (χ0) is 19.3. The molecule has 0 unspecified atom stereocenters. The molecule has 1 aliphatic heterocycles. The van der Waals surface area contributed by atoms with Gasteiger partial charge in [0.2, 0.25) is 0 Å². The summed E-state index contributed by atoms with van der Waals surface area (Å²) in [4.78, 5) is 35.4. The van der Waals surface area contributed by atoms with Gasteiger partial charge < -0.3 is 9.67 Å². The summed E-state index contributed by atoms with van der Waals surface area (Å²) < 4.78 is 4.19. The molecule has 2 atom stereocenters. The minimum Gasteiger partial charge on any atom is -0.390 e. The average molecular weight is 370 g/mol. The van der Waals surface area contributed by atoms with Gasteiger partial charge in [-0.1, -0.05) is 6.07 Å². The van der Waals surface area contributed by atoms with E-state index in [9.17, 15) is 14.7 Å². The fourth-order valence-electron chi connectivity index (χ4n) is 3.79. The zero-order valence-electron chi connectivity index (χ0n) is 15.5. The molecule has 0 radical (unpaired) electrons. The first-order chi connectivity index (χ1) is 12.9. The van der Waals surface area contributed by atoms with Gasteiger partial charge in [-0.25, -0.2) is 9.78 Å². The molecule has 9 nitrogen and oxygen atoms in total. The lowest BCUT2D eigenvalue weighted by atomic mass is 10.2. The Bertz CT molecular complexity index is 1130. The molecule has 0 saturated carbocycles. The highest BCUT2D eigenvalue weighted by Gasteiger charge is 2.34. The summed E-state index contributed by atoms with van der Waals surface area (Å²) in [5, 5.41) is 10.6. The van der Waals surface area contributed by atoms with E-state index in [1.165, 1.54) is 17.9 Å². The first-order valence-corrected chi connectivity index (χ1v) is 8.82. The number of likely N-dealkylation sites (tertiary alicyclic amines) is 1. The first-order valence-electron chi connectivity index (χ1n) is 8.82. The van der Waals surface area contributed by atoms with E-state index in [4.69, 9.17) is 0 Å². The van der Waals surface area contributed by atoms with Gasteiger partial charge in [0.25, 0.3) is 5.56 Å². The third-order valence-corrected chi connectivity index (χ3v) is 5.35. The Kier molecular flexibility index (Phi) is 4.20. The predicted molar refractivity (Wildman–Crippen MR) is 99.5 cm³/mol. The van der Waals surface area contributed by atoms with Crippen molar-refractivity contribution in [3.63, 3.8) is 0 Å². The maximum atomic E-state index is 12.3. The molecular formula is C18H22N6O3. The number of pyridine rings is 1. The molecule has 1 fully saturated rings. The van der Waals surface area contributed by atoms with Crippen molar-refractivity contribution in [3.05, 3.63) is 56.8 Å². The number of aliphatic hydroxyl groups excluding tert-OH is 1. The van der Waals surface area contributed by atoms with E-state index < -0.39 is 17.4 Å². The molecule has 4 heterocycles. The van der Waals surface area contributed by atoms with Gasteiger partial charge in [0.15, 0.2) is 5.52 Å². The van der Waals surface area contributed by atoms with Crippen LogP contribution in [0.4, 0.5) is 0 Å². The van der Waals surface area contributed by atoms with Gasteiger partial charge in [0.1, 0.15) is 5.65 Å². The van der Waals surface area contributed by atoms with Crippen LogP contribution in [0, 0.1) is 6.92 Å². The molecule has 9 heteroatoms. The molecule has 0 aromatic carbocycles.